The maximum Gasteiger partial charge on any atom is 0.140 e. The Morgan fingerprint density at radius 3 is 2.45 bits per heavy atom. The van der Waals surface area contributed by atoms with E-state index in [-0.39, 0.29) is 5.54 Å². The second kappa shape index (κ2) is 4.42. The zero-order valence-electron chi connectivity index (χ0n) is 12.0. The number of nitrogens with zero attached hydrogens (tertiary/aromatic N) is 3. The molecule has 0 saturated heterocycles. The van der Waals surface area contributed by atoms with E-state index in [2.05, 4.69) is 15.6 Å². The Balaban J connectivity index is 2.21. The van der Waals surface area contributed by atoms with Crippen LogP contribution < -0.4 is 5.73 Å². The van der Waals surface area contributed by atoms with Crippen LogP contribution in [0.25, 0.3) is 22.4 Å². The lowest BCUT2D eigenvalue weighted by atomic mass is 9.95. The summed E-state index contributed by atoms with van der Waals surface area (Å²) in [5.41, 5.74) is 10.1. The van der Waals surface area contributed by atoms with Crippen molar-refractivity contribution in [1.82, 2.24) is 14.5 Å². The Kier molecular flexibility index (Phi) is 2.83. The van der Waals surface area contributed by atoms with Crippen molar-refractivity contribution in [2.45, 2.75) is 19.4 Å². The number of rotatable bonds is 2. The molecule has 0 aliphatic carbocycles. The predicted octanol–water partition coefficient (Wildman–Crippen LogP) is 2.83. The van der Waals surface area contributed by atoms with E-state index < -0.39 is 0 Å². The Morgan fingerprint density at radius 2 is 1.80 bits per heavy atom. The van der Waals surface area contributed by atoms with Gasteiger partial charge in [0.15, 0.2) is 0 Å². The van der Waals surface area contributed by atoms with Crippen molar-refractivity contribution in [2.24, 2.45) is 12.8 Å². The van der Waals surface area contributed by atoms with Gasteiger partial charge in [0.1, 0.15) is 5.82 Å². The molecule has 0 aliphatic rings. The molecule has 0 fully saturated rings. The molecule has 102 valence electrons. The van der Waals surface area contributed by atoms with E-state index in [4.69, 9.17) is 10.7 Å². The molecular formula is C16H18N4. The molecule has 0 aliphatic heterocycles. The van der Waals surface area contributed by atoms with Crippen molar-refractivity contribution in [3.8, 4) is 11.4 Å². The van der Waals surface area contributed by atoms with Gasteiger partial charge in [0.05, 0.1) is 11.0 Å². The van der Waals surface area contributed by atoms with Gasteiger partial charge in [0.2, 0.25) is 0 Å². The van der Waals surface area contributed by atoms with E-state index in [1.807, 2.05) is 45.2 Å². The minimum atomic E-state index is -0.352. The molecule has 2 heterocycles. The van der Waals surface area contributed by atoms with Crippen molar-refractivity contribution < 1.29 is 0 Å². The number of imidazole rings is 1. The van der Waals surface area contributed by atoms with Crippen LogP contribution in [0.1, 0.15) is 19.4 Å². The fourth-order valence-corrected chi connectivity index (χ4v) is 2.35. The maximum atomic E-state index is 6.18. The second-order valence-corrected chi connectivity index (χ2v) is 5.66. The third kappa shape index (κ3) is 2.08. The molecule has 2 aromatic heterocycles. The van der Waals surface area contributed by atoms with E-state index in [9.17, 15) is 0 Å². The van der Waals surface area contributed by atoms with Gasteiger partial charge in [-0.2, -0.15) is 0 Å². The minimum absolute atomic E-state index is 0.352. The van der Waals surface area contributed by atoms with Crippen LogP contribution in [0.15, 0.2) is 42.7 Å². The quantitative estimate of drug-likeness (QED) is 0.776. The first kappa shape index (κ1) is 12.8. The number of benzene rings is 1. The molecule has 0 unspecified atom stereocenters. The fourth-order valence-electron chi connectivity index (χ4n) is 2.35. The van der Waals surface area contributed by atoms with E-state index in [1.54, 1.807) is 12.4 Å². The molecule has 0 atom stereocenters. The van der Waals surface area contributed by atoms with Gasteiger partial charge < -0.3 is 10.3 Å². The molecule has 3 rings (SSSR count). The number of aryl methyl sites for hydroxylation is 1. The molecule has 0 spiro atoms. The van der Waals surface area contributed by atoms with E-state index in [1.165, 1.54) is 0 Å². The first-order valence-electron chi connectivity index (χ1n) is 6.63. The highest BCUT2D eigenvalue weighted by Crippen LogP contribution is 2.26. The first-order valence-corrected chi connectivity index (χ1v) is 6.63. The molecular weight excluding hydrogens is 248 g/mol. The lowest BCUT2D eigenvalue weighted by Crippen LogP contribution is -2.28. The van der Waals surface area contributed by atoms with Gasteiger partial charge in [-0.25, -0.2) is 4.98 Å². The standard InChI is InChI=1S/C16H18N4/c1-16(2,17)12-4-5-13-14(10-12)20(3)15(19-13)11-6-8-18-9-7-11/h4-10H,17H2,1-3H3. The van der Waals surface area contributed by atoms with Crippen LogP contribution >= 0.6 is 0 Å². The summed E-state index contributed by atoms with van der Waals surface area (Å²) in [6, 6.07) is 10.1. The normalized spacial score (nSPS) is 12.0. The maximum absolute atomic E-state index is 6.18. The number of pyridine rings is 1. The topological polar surface area (TPSA) is 56.7 Å². The van der Waals surface area contributed by atoms with Gasteiger partial charge in [0, 0.05) is 30.5 Å². The molecule has 0 saturated carbocycles. The molecule has 4 heteroatoms. The summed E-state index contributed by atoms with van der Waals surface area (Å²) >= 11 is 0. The third-order valence-electron chi connectivity index (χ3n) is 3.56. The van der Waals surface area contributed by atoms with Gasteiger partial charge >= 0.3 is 0 Å². The highest BCUT2D eigenvalue weighted by molar-refractivity contribution is 5.81. The summed E-state index contributed by atoms with van der Waals surface area (Å²) < 4.78 is 2.10. The molecule has 0 bridgehead atoms. The van der Waals surface area contributed by atoms with Crippen LogP contribution in [0, 0.1) is 0 Å². The summed E-state index contributed by atoms with van der Waals surface area (Å²) in [4.78, 5) is 8.75. The van der Waals surface area contributed by atoms with Gasteiger partial charge in [-0.15, -0.1) is 0 Å². The molecule has 0 radical (unpaired) electrons. The minimum Gasteiger partial charge on any atom is -0.327 e. The highest BCUT2D eigenvalue weighted by Gasteiger charge is 2.17. The van der Waals surface area contributed by atoms with Crippen LogP contribution in [0.4, 0.5) is 0 Å². The largest absolute Gasteiger partial charge is 0.327 e. The Morgan fingerprint density at radius 1 is 1.10 bits per heavy atom. The second-order valence-electron chi connectivity index (χ2n) is 5.66. The summed E-state index contributed by atoms with van der Waals surface area (Å²) in [6.07, 6.45) is 3.56. The smallest absolute Gasteiger partial charge is 0.140 e. The Labute approximate surface area is 118 Å². The van der Waals surface area contributed by atoms with Crippen LogP contribution in [0.3, 0.4) is 0 Å². The molecule has 0 amide bonds. The molecule has 4 nitrogen and oxygen atoms in total. The highest BCUT2D eigenvalue weighted by atomic mass is 15.1. The van der Waals surface area contributed by atoms with Crippen LogP contribution in [0.2, 0.25) is 0 Å². The zero-order chi connectivity index (χ0) is 14.3. The summed E-state index contributed by atoms with van der Waals surface area (Å²) in [5.74, 6) is 0.939. The van der Waals surface area contributed by atoms with Crippen molar-refractivity contribution in [3.05, 3.63) is 48.3 Å². The number of hydrogen-bond acceptors (Lipinski definition) is 3. The summed E-state index contributed by atoms with van der Waals surface area (Å²) in [5, 5.41) is 0. The van der Waals surface area contributed by atoms with Gasteiger partial charge in [-0.1, -0.05) is 6.07 Å². The predicted molar refractivity (Wildman–Crippen MR) is 81.2 cm³/mol. The van der Waals surface area contributed by atoms with E-state index in [0.717, 1.165) is 28.0 Å². The average Bonchev–Trinajstić information content (AvgIpc) is 2.76. The van der Waals surface area contributed by atoms with Gasteiger partial charge in [-0.3, -0.25) is 4.98 Å². The number of nitrogens with two attached hydrogens (primary N) is 1. The van der Waals surface area contributed by atoms with Crippen molar-refractivity contribution >= 4 is 11.0 Å². The number of aromatic nitrogens is 3. The zero-order valence-corrected chi connectivity index (χ0v) is 12.0. The van der Waals surface area contributed by atoms with Crippen molar-refractivity contribution in [2.75, 3.05) is 0 Å². The molecule has 3 aromatic rings. The van der Waals surface area contributed by atoms with Gasteiger partial charge in [-0.05, 0) is 43.7 Å². The molecule has 20 heavy (non-hydrogen) atoms. The van der Waals surface area contributed by atoms with Crippen LogP contribution in [-0.2, 0) is 12.6 Å². The number of fused-ring (bicyclic) bond motifs is 1. The van der Waals surface area contributed by atoms with Crippen molar-refractivity contribution in [3.63, 3.8) is 0 Å². The lowest BCUT2D eigenvalue weighted by Gasteiger charge is -2.19. The van der Waals surface area contributed by atoms with E-state index in [0.29, 0.717) is 0 Å². The van der Waals surface area contributed by atoms with Crippen LogP contribution in [0.5, 0.6) is 0 Å². The monoisotopic (exact) mass is 266 g/mol. The summed E-state index contributed by atoms with van der Waals surface area (Å²) in [6.45, 7) is 4.02. The van der Waals surface area contributed by atoms with Crippen LogP contribution in [-0.4, -0.2) is 14.5 Å². The Hall–Kier alpha value is -2.20. The van der Waals surface area contributed by atoms with Crippen molar-refractivity contribution in [1.29, 1.82) is 0 Å². The average molecular weight is 266 g/mol. The summed E-state index contributed by atoms with van der Waals surface area (Å²) in [7, 11) is 2.03. The van der Waals surface area contributed by atoms with E-state index >= 15 is 0 Å². The Bertz CT molecular complexity index is 751. The van der Waals surface area contributed by atoms with Gasteiger partial charge in [0.25, 0.3) is 0 Å². The SMILES string of the molecule is Cn1c(-c2ccncc2)nc2ccc(C(C)(C)N)cc21. The third-order valence-corrected chi connectivity index (χ3v) is 3.56. The molecule has 1 aromatic carbocycles. The lowest BCUT2D eigenvalue weighted by molar-refractivity contribution is 0.555. The fraction of sp³-hybridized carbons (Fsp3) is 0.250. The first-order chi connectivity index (χ1) is 9.47. The number of hydrogen-bond donors (Lipinski definition) is 1. The molecule has 2 N–H and O–H groups in total.